The van der Waals surface area contributed by atoms with Gasteiger partial charge >= 0.3 is 11.9 Å². The summed E-state index contributed by atoms with van der Waals surface area (Å²) in [6, 6.07) is 8.44. The highest BCUT2D eigenvalue weighted by atomic mass is 16.6. The predicted octanol–water partition coefficient (Wildman–Crippen LogP) is 3.81. The summed E-state index contributed by atoms with van der Waals surface area (Å²) in [6.07, 6.45) is 0.950. The Morgan fingerprint density at radius 1 is 0.970 bits per heavy atom. The molecule has 1 heterocycles. The van der Waals surface area contributed by atoms with E-state index in [0.29, 0.717) is 0 Å². The molecule has 1 N–H and O–H groups in total. The highest BCUT2D eigenvalue weighted by molar-refractivity contribution is 5.98. The van der Waals surface area contributed by atoms with Crippen molar-refractivity contribution in [2.75, 3.05) is 7.11 Å². The third-order valence-corrected chi connectivity index (χ3v) is 5.36. The van der Waals surface area contributed by atoms with E-state index in [1.807, 2.05) is 45.0 Å². The monoisotopic (exact) mass is 456 g/mol. The molecular weight excluding hydrogens is 424 g/mol. The molecule has 0 saturated heterocycles. The van der Waals surface area contributed by atoms with Gasteiger partial charge in [-0.3, -0.25) is 9.59 Å². The van der Waals surface area contributed by atoms with Crippen molar-refractivity contribution in [3.63, 3.8) is 0 Å². The largest absolute Gasteiger partial charge is 0.493 e. The van der Waals surface area contributed by atoms with Crippen molar-refractivity contribution in [3.05, 3.63) is 53.3 Å². The second-order valence-electron chi connectivity index (χ2n) is 8.25. The Hall–Kier alpha value is -3.42. The number of carbonyl (C=O) groups is 3. The van der Waals surface area contributed by atoms with Gasteiger partial charge in [-0.1, -0.05) is 45.0 Å². The lowest BCUT2D eigenvalue weighted by atomic mass is 9.92. The summed E-state index contributed by atoms with van der Waals surface area (Å²) in [6.45, 7) is 10.7. The van der Waals surface area contributed by atoms with Crippen LogP contribution in [0.4, 0.5) is 0 Å². The molecule has 3 unspecified atom stereocenters. The Kier molecular flexibility index (Phi) is 8.96. The maximum atomic E-state index is 12.9. The van der Waals surface area contributed by atoms with E-state index in [0.717, 1.165) is 11.1 Å². The summed E-state index contributed by atoms with van der Waals surface area (Å²) < 4.78 is 16.2. The van der Waals surface area contributed by atoms with Crippen LogP contribution in [0.1, 0.15) is 62.2 Å². The third-order valence-electron chi connectivity index (χ3n) is 5.36. The Bertz CT molecular complexity index is 1000. The number of amides is 1. The summed E-state index contributed by atoms with van der Waals surface area (Å²) in [7, 11) is 1.39. The molecule has 178 valence electrons. The van der Waals surface area contributed by atoms with Crippen LogP contribution >= 0.6 is 0 Å². The minimum absolute atomic E-state index is 0.0276. The predicted molar refractivity (Wildman–Crippen MR) is 123 cm³/mol. The number of nitrogens with zero attached hydrogens (tertiary/aromatic N) is 1. The first-order chi connectivity index (χ1) is 15.6. The fourth-order valence-corrected chi connectivity index (χ4v) is 3.13. The summed E-state index contributed by atoms with van der Waals surface area (Å²) >= 11 is 0. The quantitative estimate of drug-likeness (QED) is 0.572. The van der Waals surface area contributed by atoms with Crippen molar-refractivity contribution in [2.45, 2.75) is 59.6 Å². The number of ether oxygens (including phenoxy) is 3. The summed E-state index contributed by atoms with van der Waals surface area (Å²) in [5, 5.41) is 2.56. The van der Waals surface area contributed by atoms with Crippen LogP contribution in [0.3, 0.4) is 0 Å². The molecule has 1 aromatic heterocycles. The van der Waals surface area contributed by atoms with Gasteiger partial charge in [0.25, 0.3) is 5.91 Å². The van der Waals surface area contributed by atoms with Gasteiger partial charge in [-0.15, -0.1) is 0 Å². The van der Waals surface area contributed by atoms with Crippen molar-refractivity contribution in [3.8, 4) is 11.5 Å². The van der Waals surface area contributed by atoms with Crippen LogP contribution in [0.2, 0.25) is 0 Å². The van der Waals surface area contributed by atoms with E-state index < -0.39 is 35.9 Å². The van der Waals surface area contributed by atoms with E-state index in [1.165, 1.54) is 26.3 Å². The average molecular weight is 457 g/mol. The maximum Gasteiger partial charge on any atom is 0.328 e. The van der Waals surface area contributed by atoms with Crippen LogP contribution in [0.25, 0.3) is 0 Å². The number of methoxy groups -OCH3 is 1. The Morgan fingerprint density at radius 2 is 1.64 bits per heavy atom. The van der Waals surface area contributed by atoms with Gasteiger partial charge in [-0.25, -0.2) is 9.78 Å². The molecule has 2 aromatic rings. The molecule has 0 aliphatic heterocycles. The minimum Gasteiger partial charge on any atom is -0.493 e. The van der Waals surface area contributed by atoms with Crippen molar-refractivity contribution >= 4 is 17.8 Å². The number of pyridine rings is 1. The highest BCUT2D eigenvalue weighted by Crippen LogP contribution is 2.30. The zero-order valence-corrected chi connectivity index (χ0v) is 20.2. The third kappa shape index (κ3) is 6.54. The van der Waals surface area contributed by atoms with E-state index in [2.05, 4.69) is 10.3 Å². The van der Waals surface area contributed by atoms with Crippen molar-refractivity contribution in [2.24, 2.45) is 5.92 Å². The molecule has 0 saturated carbocycles. The van der Waals surface area contributed by atoms with Crippen LogP contribution in [-0.4, -0.2) is 42.1 Å². The minimum atomic E-state index is -0.953. The molecule has 2 rings (SSSR count). The number of rotatable bonds is 9. The van der Waals surface area contributed by atoms with Crippen LogP contribution in [0, 0.1) is 12.8 Å². The van der Waals surface area contributed by atoms with Crippen molar-refractivity contribution < 1.29 is 28.6 Å². The molecule has 1 amide bonds. The van der Waals surface area contributed by atoms with Crippen molar-refractivity contribution in [1.82, 2.24) is 10.3 Å². The second kappa shape index (κ2) is 11.4. The first-order valence-electron chi connectivity index (χ1n) is 10.9. The van der Waals surface area contributed by atoms with Gasteiger partial charge < -0.3 is 19.5 Å². The van der Waals surface area contributed by atoms with Crippen LogP contribution in [0.15, 0.2) is 36.5 Å². The molecule has 33 heavy (non-hydrogen) atoms. The van der Waals surface area contributed by atoms with E-state index in [4.69, 9.17) is 14.2 Å². The fraction of sp³-hybridized carbons (Fsp3) is 0.440. The normalized spacial score (nSPS) is 13.6. The molecule has 0 fully saturated rings. The lowest BCUT2D eigenvalue weighted by Gasteiger charge is -2.24. The highest BCUT2D eigenvalue weighted by Gasteiger charge is 2.27. The SMILES string of the molecule is COc1ccnc(C(=O)NC(C)C(=O)OC(C)C(C)c2ccccc2C)c1OC(=O)C(C)C. The summed E-state index contributed by atoms with van der Waals surface area (Å²) in [5.41, 5.74) is 2.04. The van der Waals surface area contributed by atoms with Gasteiger partial charge in [0.2, 0.25) is 5.75 Å². The van der Waals surface area contributed by atoms with Gasteiger partial charge in [-0.05, 0) is 31.9 Å². The molecule has 0 radical (unpaired) electrons. The van der Waals surface area contributed by atoms with Gasteiger partial charge in [0, 0.05) is 18.2 Å². The average Bonchev–Trinajstić information content (AvgIpc) is 2.78. The van der Waals surface area contributed by atoms with Gasteiger partial charge in [0.15, 0.2) is 11.4 Å². The number of aromatic nitrogens is 1. The molecule has 8 heteroatoms. The number of nitrogens with one attached hydrogen (secondary N) is 1. The van der Waals surface area contributed by atoms with E-state index in [1.54, 1.807) is 13.8 Å². The van der Waals surface area contributed by atoms with E-state index >= 15 is 0 Å². The van der Waals surface area contributed by atoms with E-state index in [9.17, 15) is 14.4 Å². The van der Waals surface area contributed by atoms with Crippen molar-refractivity contribution in [1.29, 1.82) is 0 Å². The Morgan fingerprint density at radius 3 is 2.24 bits per heavy atom. The number of esters is 2. The number of carbonyl (C=O) groups excluding carboxylic acids is 3. The molecule has 0 bridgehead atoms. The molecule has 0 aliphatic carbocycles. The Labute approximate surface area is 194 Å². The number of hydrogen-bond donors (Lipinski definition) is 1. The number of hydrogen-bond acceptors (Lipinski definition) is 7. The molecule has 0 spiro atoms. The molecule has 0 aliphatic rings. The maximum absolute atomic E-state index is 12.9. The summed E-state index contributed by atoms with van der Waals surface area (Å²) in [5.74, 6) is -2.18. The first kappa shape index (κ1) is 25.8. The zero-order chi connectivity index (χ0) is 24.7. The number of aryl methyl sites for hydroxylation is 1. The smallest absolute Gasteiger partial charge is 0.328 e. The second-order valence-corrected chi connectivity index (χ2v) is 8.25. The molecule has 8 nitrogen and oxygen atoms in total. The lowest BCUT2D eigenvalue weighted by molar-refractivity contribution is -0.151. The zero-order valence-electron chi connectivity index (χ0n) is 20.2. The van der Waals surface area contributed by atoms with Crippen LogP contribution < -0.4 is 14.8 Å². The van der Waals surface area contributed by atoms with Gasteiger partial charge in [0.05, 0.1) is 13.0 Å². The summed E-state index contributed by atoms with van der Waals surface area (Å²) in [4.78, 5) is 41.6. The first-order valence-corrected chi connectivity index (χ1v) is 10.9. The topological polar surface area (TPSA) is 104 Å². The number of benzene rings is 1. The fourth-order valence-electron chi connectivity index (χ4n) is 3.13. The van der Waals surface area contributed by atoms with Gasteiger partial charge in [-0.2, -0.15) is 0 Å². The Balaban J connectivity index is 2.11. The standard InChI is InChI=1S/C25H32N2O6/c1-14(2)24(29)33-22-20(31-7)12-13-26-21(22)23(28)27-17(5)25(30)32-18(6)16(4)19-11-9-8-10-15(19)3/h8-14,16-18H,1-7H3,(H,27,28). The molecular formula is C25H32N2O6. The van der Waals surface area contributed by atoms with Gasteiger partial charge in [0.1, 0.15) is 12.1 Å². The lowest BCUT2D eigenvalue weighted by Crippen LogP contribution is -2.41. The van der Waals surface area contributed by atoms with Crippen LogP contribution in [0.5, 0.6) is 11.5 Å². The van der Waals surface area contributed by atoms with Crippen LogP contribution in [-0.2, 0) is 14.3 Å². The molecule has 3 atom stereocenters. The molecule has 1 aromatic carbocycles. The van der Waals surface area contributed by atoms with E-state index in [-0.39, 0.29) is 23.1 Å².